The number of para-hydroxylation sites is 1. The maximum absolute atomic E-state index is 12.5. The zero-order chi connectivity index (χ0) is 19.3. The fraction of sp³-hybridized carbons (Fsp3) is 0.316. The molecule has 2 aromatic rings. The lowest BCUT2D eigenvalue weighted by atomic mass is 10.0. The molecule has 3 N–H and O–H groups in total. The van der Waals surface area contributed by atoms with Crippen LogP contribution in [0.2, 0.25) is 0 Å². The van der Waals surface area contributed by atoms with Gasteiger partial charge in [0.1, 0.15) is 18.1 Å². The molecular formula is C19H20F3N3O2. The van der Waals surface area contributed by atoms with E-state index in [2.05, 4.69) is 10.3 Å². The summed E-state index contributed by atoms with van der Waals surface area (Å²) in [5, 5.41) is 3.16. The number of hydrogen-bond acceptors (Lipinski definition) is 3. The van der Waals surface area contributed by atoms with E-state index in [4.69, 9.17) is 15.2 Å². The molecule has 1 heterocycles. The second-order valence-electron chi connectivity index (χ2n) is 6.01. The lowest BCUT2D eigenvalue weighted by Gasteiger charge is -2.26. The van der Waals surface area contributed by atoms with Gasteiger partial charge in [0.25, 0.3) is 0 Å². The summed E-state index contributed by atoms with van der Waals surface area (Å²) in [7, 11) is 0. The maximum atomic E-state index is 12.5. The lowest BCUT2D eigenvalue weighted by molar-refractivity contribution is -0.137. The highest BCUT2D eigenvalue weighted by Crippen LogP contribution is 2.31. The number of nitrogens with one attached hydrogen (secondary N) is 1. The van der Waals surface area contributed by atoms with Crippen molar-refractivity contribution in [1.82, 2.24) is 5.32 Å². The number of halogens is 3. The predicted octanol–water partition coefficient (Wildman–Crippen LogP) is 3.51. The fourth-order valence-corrected chi connectivity index (χ4v) is 2.79. The van der Waals surface area contributed by atoms with Gasteiger partial charge in [0, 0.05) is 12.0 Å². The number of alkyl halides is 3. The minimum absolute atomic E-state index is 0.0227. The molecule has 0 saturated heterocycles. The van der Waals surface area contributed by atoms with Gasteiger partial charge in [0.2, 0.25) is 0 Å². The number of rotatable bonds is 5. The minimum atomic E-state index is -4.36. The Hall–Kier alpha value is -2.90. The third kappa shape index (κ3) is 5.06. The average molecular weight is 379 g/mol. The Bertz CT molecular complexity index is 792. The van der Waals surface area contributed by atoms with E-state index in [-0.39, 0.29) is 25.2 Å². The van der Waals surface area contributed by atoms with E-state index in [1.165, 1.54) is 12.1 Å². The Morgan fingerprint density at radius 1 is 1.19 bits per heavy atom. The van der Waals surface area contributed by atoms with Crippen LogP contribution in [-0.2, 0) is 6.18 Å². The second-order valence-corrected chi connectivity index (χ2v) is 6.01. The van der Waals surface area contributed by atoms with Crippen LogP contribution in [0.4, 0.5) is 13.2 Å². The molecule has 1 aliphatic heterocycles. The smallest absolute Gasteiger partial charge is 0.416 e. The van der Waals surface area contributed by atoms with E-state index < -0.39 is 11.7 Å². The Labute approximate surface area is 155 Å². The minimum Gasteiger partial charge on any atom is -0.493 e. The second kappa shape index (κ2) is 8.20. The molecule has 0 aliphatic carbocycles. The van der Waals surface area contributed by atoms with E-state index in [1.807, 2.05) is 24.3 Å². The van der Waals surface area contributed by atoms with Gasteiger partial charge in [-0.15, -0.1) is 0 Å². The Morgan fingerprint density at radius 3 is 2.67 bits per heavy atom. The molecule has 2 aromatic carbocycles. The number of benzene rings is 2. The summed E-state index contributed by atoms with van der Waals surface area (Å²) in [4.78, 5) is 4.20. The molecule has 27 heavy (non-hydrogen) atoms. The molecule has 0 aromatic heterocycles. The number of ether oxygens (including phenoxy) is 2. The fourth-order valence-electron chi connectivity index (χ4n) is 2.79. The summed E-state index contributed by atoms with van der Waals surface area (Å²) in [6, 6.07) is 12.3. The maximum Gasteiger partial charge on any atom is 0.416 e. The monoisotopic (exact) mass is 379 g/mol. The number of hydrogen-bond donors (Lipinski definition) is 2. The van der Waals surface area contributed by atoms with Crippen molar-refractivity contribution in [2.24, 2.45) is 10.7 Å². The first kappa shape index (κ1) is 18.9. The molecule has 1 atom stereocenters. The summed E-state index contributed by atoms with van der Waals surface area (Å²) in [5.41, 5.74) is 6.25. The molecule has 0 spiro atoms. The SMILES string of the molecule is NC(=NCCOc1ccc(C(F)(F)F)cc1)NC1CCOc2ccccc21. The van der Waals surface area contributed by atoms with Crippen LogP contribution in [0.3, 0.4) is 0 Å². The van der Waals surface area contributed by atoms with Crippen molar-refractivity contribution >= 4 is 5.96 Å². The lowest BCUT2D eigenvalue weighted by Crippen LogP contribution is -2.37. The highest BCUT2D eigenvalue weighted by molar-refractivity contribution is 5.78. The van der Waals surface area contributed by atoms with Crippen LogP contribution >= 0.6 is 0 Å². The number of fused-ring (bicyclic) bond motifs is 1. The topological polar surface area (TPSA) is 68.9 Å². The molecule has 1 unspecified atom stereocenters. The van der Waals surface area contributed by atoms with Gasteiger partial charge in [-0.2, -0.15) is 13.2 Å². The van der Waals surface area contributed by atoms with Crippen LogP contribution < -0.4 is 20.5 Å². The zero-order valence-corrected chi connectivity index (χ0v) is 14.5. The molecule has 3 rings (SSSR count). The standard InChI is InChI=1S/C19H20F3N3O2/c20-19(21,22)13-5-7-14(8-6-13)26-12-10-24-18(23)25-16-9-11-27-17-4-2-1-3-15(16)17/h1-8,16H,9-12H2,(H3,23,24,25). The van der Waals surface area contributed by atoms with E-state index in [0.29, 0.717) is 12.4 Å². The quantitative estimate of drug-likeness (QED) is 0.474. The number of guanidine groups is 1. The van der Waals surface area contributed by atoms with Crippen molar-refractivity contribution in [2.75, 3.05) is 19.8 Å². The van der Waals surface area contributed by atoms with Gasteiger partial charge in [-0.25, -0.2) is 4.99 Å². The van der Waals surface area contributed by atoms with Crippen LogP contribution in [0.1, 0.15) is 23.6 Å². The summed E-state index contributed by atoms with van der Waals surface area (Å²) in [6.45, 7) is 1.09. The van der Waals surface area contributed by atoms with Crippen LogP contribution in [0, 0.1) is 0 Å². The predicted molar refractivity (Wildman–Crippen MR) is 95.9 cm³/mol. The summed E-state index contributed by atoms with van der Waals surface area (Å²) in [5.74, 6) is 1.47. The van der Waals surface area contributed by atoms with E-state index in [0.717, 1.165) is 29.9 Å². The molecule has 0 fully saturated rings. The molecular weight excluding hydrogens is 359 g/mol. The molecule has 0 radical (unpaired) electrons. The summed E-state index contributed by atoms with van der Waals surface area (Å²) < 4.78 is 48.5. The molecule has 8 heteroatoms. The molecule has 0 amide bonds. The van der Waals surface area contributed by atoms with Gasteiger partial charge >= 0.3 is 6.18 Å². The van der Waals surface area contributed by atoms with Gasteiger partial charge < -0.3 is 20.5 Å². The number of nitrogens with two attached hydrogens (primary N) is 1. The van der Waals surface area contributed by atoms with Gasteiger partial charge in [0.05, 0.1) is 24.8 Å². The highest BCUT2D eigenvalue weighted by atomic mass is 19.4. The van der Waals surface area contributed by atoms with Crippen molar-refractivity contribution in [1.29, 1.82) is 0 Å². The van der Waals surface area contributed by atoms with E-state index in [1.54, 1.807) is 0 Å². The third-order valence-corrected chi connectivity index (χ3v) is 4.10. The van der Waals surface area contributed by atoms with E-state index in [9.17, 15) is 13.2 Å². The molecule has 1 aliphatic rings. The third-order valence-electron chi connectivity index (χ3n) is 4.10. The molecule has 144 valence electrons. The van der Waals surface area contributed by atoms with Crippen molar-refractivity contribution in [3.8, 4) is 11.5 Å². The normalized spacial score (nSPS) is 17.0. The van der Waals surface area contributed by atoms with Crippen molar-refractivity contribution in [3.63, 3.8) is 0 Å². The molecule has 0 saturated carbocycles. The Kier molecular flexibility index (Phi) is 5.73. The first-order valence-electron chi connectivity index (χ1n) is 8.52. The first-order chi connectivity index (χ1) is 12.9. The highest BCUT2D eigenvalue weighted by Gasteiger charge is 2.30. The van der Waals surface area contributed by atoms with Crippen molar-refractivity contribution in [3.05, 3.63) is 59.7 Å². The summed E-state index contributed by atoms with van der Waals surface area (Å²) in [6.07, 6.45) is -3.58. The largest absolute Gasteiger partial charge is 0.493 e. The zero-order valence-electron chi connectivity index (χ0n) is 14.5. The van der Waals surface area contributed by atoms with Crippen LogP contribution in [0.25, 0.3) is 0 Å². The Balaban J connectivity index is 1.48. The first-order valence-corrected chi connectivity index (χ1v) is 8.52. The molecule has 0 bridgehead atoms. The van der Waals surface area contributed by atoms with Crippen molar-refractivity contribution < 1.29 is 22.6 Å². The van der Waals surface area contributed by atoms with Gasteiger partial charge in [-0.1, -0.05) is 18.2 Å². The van der Waals surface area contributed by atoms with Crippen LogP contribution in [0.15, 0.2) is 53.5 Å². The Morgan fingerprint density at radius 2 is 1.93 bits per heavy atom. The average Bonchev–Trinajstić information content (AvgIpc) is 2.65. The van der Waals surface area contributed by atoms with Crippen LogP contribution in [0.5, 0.6) is 11.5 Å². The number of nitrogens with zero attached hydrogens (tertiary/aromatic N) is 1. The van der Waals surface area contributed by atoms with Crippen molar-refractivity contribution in [2.45, 2.75) is 18.6 Å². The van der Waals surface area contributed by atoms with Gasteiger partial charge in [-0.05, 0) is 30.3 Å². The van der Waals surface area contributed by atoms with Crippen LogP contribution in [-0.4, -0.2) is 25.7 Å². The molecule has 5 nitrogen and oxygen atoms in total. The van der Waals surface area contributed by atoms with E-state index >= 15 is 0 Å². The van der Waals surface area contributed by atoms with Gasteiger partial charge in [-0.3, -0.25) is 0 Å². The van der Waals surface area contributed by atoms with Gasteiger partial charge in [0.15, 0.2) is 5.96 Å². The summed E-state index contributed by atoms with van der Waals surface area (Å²) >= 11 is 0. The number of aliphatic imine (C=N–C) groups is 1.